The van der Waals surface area contributed by atoms with E-state index in [0.717, 1.165) is 22.0 Å². The standard InChI is InChI=1S/C25H27F4N3O3S/c1-2-15-12-24(25(27,28)29,35-36(30,33)34)13-17-5-3-4-16-11-22-18(10-21(16)23(15)17)14-31-32(22)20-8-6-19(26)7-9-20/h6-11,14-15,17,23H,2-5,12-13H2,1H3,(H2,30,33,34). The first-order valence-corrected chi connectivity index (χ1v) is 13.4. The average molecular weight is 526 g/mol. The lowest BCUT2D eigenvalue weighted by Gasteiger charge is -2.48. The minimum atomic E-state index is -4.88. The summed E-state index contributed by atoms with van der Waals surface area (Å²) >= 11 is 0. The summed E-state index contributed by atoms with van der Waals surface area (Å²) in [6.45, 7) is 1.82. The van der Waals surface area contributed by atoms with E-state index in [-0.39, 0.29) is 11.7 Å². The number of aromatic nitrogens is 2. The normalized spacial score (nSPS) is 26.9. The molecule has 1 heterocycles. The van der Waals surface area contributed by atoms with Gasteiger partial charge in [-0.2, -0.15) is 26.7 Å². The number of halogens is 4. The number of benzene rings is 2. The molecule has 194 valence electrons. The van der Waals surface area contributed by atoms with Gasteiger partial charge >= 0.3 is 16.5 Å². The molecule has 11 heteroatoms. The SMILES string of the molecule is CCC1CC(OS(N)(=O)=O)(C(F)(F)F)CC2CCCc3cc4c(cnn4-c4ccc(F)cc4)cc3C12. The lowest BCUT2D eigenvalue weighted by molar-refractivity contribution is -0.268. The zero-order chi connectivity index (χ0) is 25.9. The Labute approximate surface area is 206 Å². The maximum absolute atomic E-state index is 14.3. The Kier molecular flexibility index (Phi) is 6.16. The molecule has 2 aromatic carbocycles. The second-order valence-electron chi connectivity index (χ2n) is 9.97. The van der Waals surface area contributed by atoms with Gasteiger partial charge in [0.05, 0.1) is 17.4 Å². The molecule has 1 saturated carbocycles. The van der Waals surface area contributed by atoms with Crippen molar-refractivity contribution in [3.05, 3.63) is 59.5 Å². The molecule has 0 radical (unpaired) electrons. The first-order chi connectivity index (χ1) is 16.9. The highest BCUT2D eigenvalue weighted by Gasteiger charge is 2.63. The second-order valence-corrected chi connectivity index (χ2v) is 11.1. The van der Waals surface area contributed by atoms with Gasteiger partial charge in [0.15, 0.2) is 5.60 Å². The zero-order valence-corrected chi connectivity index (χ0v) is 20.4. The summed E-state index contributed by atoms with van der Waals surface area (Å²) in [5, 5.41) is 10.3. The molecule has 2 aliphatic rings. The van der Waals surface area contributed by atoms with Crippen LogP contribution in [-0.2, 0) is 20.9 Å². The highest BCUT2D eigenvalue weighted by Crippen LogP contribution is 2.57. The van der Waals surface area contributed by atoms with E-state index in [4.69, 9.17) is 5.14 Å². The number of hydrogen-bond donors (Lipinski definition) is 1. The quantitative estimate of drug-likeness (QED) is 0.453. The minimum Gasteiger partial charge on any atom is -0.242 e. The summed E-state index contributed by atoms with van der Waals surface area (Å²) in [7, 11) is -4.81. The summed E-state index contributed by atoms with van der Waals surface area (Å²) in [6, 6.07) is 10.0. The van der Waals surface area contributed by atoms with Crippen LogP contribution in [0.25, 0.3) is 16.6 Å². The minimum absolute atomic E-state index is 0.175. The third-order valence-electron chi connectivity index (χ3n) is 7.80. The molecule has 5 rings (SSSR count). The maximum atomic E-state index is 14.3. The second kappa shape index (κ2) is 8.81. The third kappa shape index (κ3) is 4.41. The summed E-state index contributed by atoms with van der Waals surface area (Å²) < 4.78 is 86.1. The average Bonchev–Trinajstić information content (AvgIpc) is 3.10. The van der Waals surface area contributed by atoms with Crippen LogP contribution in [0.2, 0.25) is 0 Å². The van der Waals surface area contributed by atoms with Crippen molar-refractivity contribution >= 4 is 21.2 Å². The molecular formula is C25H27F4N3O3S. The summed E-state index contributed by atoms with van der Waals surface area (Å²) in [5.74, 6) is -1.39. The van der Waals surface area contributed by atoms with E-state index in [1.165, 1.54) is 12.1 Å². The molecule has 0 saturated heterocycles. The Bertz CT molecular complexity index is 1390. The van der Waals surface area contributed by atoms with Crippen LogP contribution in [0.1, 0.15) is 56.1 Å². The van der Waals surface area contributed by atoms with Crippen molar-refractivity contribution in [2.75, 3.05) is 0 Å². The fourth-order valence-electron chi connectivity index (χ4n) is 6.33. The molecule has 2 N–H and O–H groups in total. The van der Waals surface area contributed by atoms with Gasteiger partial charge in [-0.05, 0) is 97.4 Å². The van der Waals surface area contributed by atoms with Crippen molar-refractivity contribution in [2.45, 2.75) is 63.1 Å². The van der Waals surface area contributed by atoms with Gasteiger partial charge in [-0.25, -0.2) is 18.4 Å². The topological polar surface area (TPSA) is 87.2 Å². The van der Waals surface area contributed by atoms with E-state index in [0.29, 0.717) is 31.4 Å². The van der Waals surface area contributed by atoms with Gasteiger partial charge in [-0.1, -0.05) is 13.3 Å². The van der Waals surface area contributed by atoms with E-state index < -0.39 is 46.8 Å². The molecule has 0 bridgehead atoms. The van der Waals surface area contributed by atoms with E-state index in [9.17, 15) is 26.0 Å². The molecule has 0 spiro atoms. The lowest BCUT2D eigenvalue weighted by Crippen LogP contribution is -2.56. The molecule has 4 atom stereocenters. The molecule has 36 heavy (non-hydrogen) atoms. The largest absolute Gasteiger partial charge is 0.418 e. The van der Waals surface area contributed by atoms with E-state index in [2.05, 4.69) is 9.28 Å². The molecule has 2 aliphatic carbocycles. The molecule has 1 fully saturated rings. The van der Waals surface area contributed by atoms with Crippen molar-refractivity contribution in [3.63, 3.8) is 0 Å². The first kappa shape index (κ1) is 25.2. The smallest absolute Gasteiger partial charge is 0.242 e. The molecule has 0 amide bonds. The summed E-state index contributed by atoms with van der Waals surface area (Å²) in [5.41, 5.74) is 0.748. The van der Waals surface area contributed by atoms with Crippen molar-refractivity contribution in [3.8, 4) is 5.69 Å². The predicted molar refractivity (Wildman–Crippen MR) is 126 cm³/mol. The third-order valence-corrected chi connectivity index (χ3v) is 8.35. The van der Waals surface area contributed by atoms with E-state index in [1.807, 2.05) is 19.1 Å². The Balaban J connectivity index is 1.59. The summed E-state index contributed by atoms with van der Waals surface area (Å²) in [4.78, 5) is 0. The molecule has 0 aliphatic heterocycles. The van der Waals surface area contributed by atoms with Gasteiger partial charge in [0, 0.05) is 5.39 Å². The van der Waals surface area contributed by atoms with Crippen LogP contribution in [0.5, 0.6) is 0 Å². The Morgan fingerprint density at radius 3 is 2.56 bits per heavy atom. The van der Waals surface area contributed by atoms with E-state index >= 15 is 0 Å². The Morgan fingerprint density at radius 2 is 1.92 bits per heavy atom. The van der Waals surface area contributed by atoms with Gasteiger partial charge in [0.2, 0.25) is 0 Å². The van der Waals surface area contributed by atoms with Gasteiger partial charge in [-0.15, -0.1) is 0 Å². The van der Waals surface area contributed by atoms with Crippen molar-refractivity contribution < 1.29 is 30.2 Å². The molecular weight excluding hydrogens is 498 g/mol. The maximum Gasteiger partial charge on any atom is 0.418 e. The first-order valence-electron chi connectivity index (χ1n) is 12.0. The molecule has 3 aromatic rings. The summed E-state index contributed by atoms with van der Waals surface area (Å²) in [6.07, 6.45) is -1.83. The fourth-order valence-corrected chi connectivity index (χ4v) is 7.01. The van der Waals surface area contributed by atoms with Gasteiger partial charge in [-0.3, -0.25) is 0 Å². The van der Waals surface area contributed by atoms with Gasteiger partial charge < -0.3 is 0 Å². The van der Waals surface area contributed by atoms with Crippen LogP contribution >= 0.6 is 0 Å². The van der Waals surface area contributed by atoms with Crippen LogP contribution in [-0.4, -0.2) is 30.0 Å². The Morgan fingerprint density at radius 1 is 1.19 bits per heavy atom. The number of aryl methyl sites for hydroxylation is 1. The Hall–Kier alpha value is -2.50. The van der Waals surface area contributed by atoms with Crippen LogP contribution in [0.3, 0.4) is 0 Å². The number of hydrogen-bond acceptors (Lipinski definition) is 4. The highest BCUT2D eigenvalue weighted by atomic mass is 32.2. The highest BCUT2D eigenvalue weighted by molar-refractivity contribution is 7.84. The van der Waals surface area contributed by atoms with Crippen LogP contribution in [0, 0.1) is 17.7 Å². The van der Waals surface area contributed by atoms with Gasteiger partial charge in [0.25, 0.3) is 0 Å². The zero-order valence-electron chi connectivity index (χ0n) is 19.6. The van der Waals surface area contributed by atoms with Crippen molar-refractivity contribution in [1.29, 1.82) is 0 Å². The number of nitrogens with zero attached hydrogens (tertiary/aromatic N) is 2. The van der Waals surface area contributed by atoms with Crippen LogP contribution in [0.4, 0.5) is 17.6 Å². The number of rotatable bonds is 4. The fraction of sp³-hybridized carbons (Fsp3) is 0.480. The number of nitrogens with two attached hydrogens (primary N) is 1. The molecule has 1 aromatic heterocycles. The van der Waals surface area contributed by atoms with Crippen molar-refractivity contribution in [2.24, 2.45) is 17.0 Å². The van der Waals surface area contributed by atoms with E-state index in [1.54, 1.807) is 23.0 Å². The number of fused-ring (bicyclic) bond motifs is 4. The monoisotopic (exact) mass is 525 g/mol. The van der Waals surface area contributed by atoms with Crippen LogP contribution in [0.15, 0.2) is 42.6 Å². The van der Waals surface area contributed by atoms with Crippen molar-refractivity contribution in [1.82, 2.24) is 9.78 Å². The molecule has 4 unspecified atom stereocenters. The van der Waals surface area contributed by atoms with Crippen LogP contribution < -0.4 is 5.14 Å². The van der Waals surface area contributed by atoms with Gasteiger partial charge in [0.1, 0.15) is 5.82 Å². The predicted octanol–water partition coefficient (Wildman–Crippen LogP) is 5.54. The molecule has 6 nitrogen and oxygen atoms in total. The number of alkyl halides is 3. The lowest BCUT2D eigenvalue weighted by atomic mass is 9.61.